The number of nitrogens with one attached hydrogen (secondary N) is 2. The number of carbonyl (C=O) groups excluding carboxylic acids is 3. The molecule has 9 heteroatoms. The molecule has 2 aromatic carbocycles. The van der Waals surface area contributed by atoms with Crippen LogP contribution in [0.5, 0.6) is 5.75 Å². The third kappa shape index (κ3) is 8.76. The van der Waals surface area contributed by atoms with Crippen LogP contribution in [0.1, 0.15) is 63.8 Å². The maximum absolute atomic E-state index is 14.0. The average molecular weight is 528 g/mol. The van der Waals surface area contributed by atoms with E-state index in [2.05, 4.69) is 10.6 Å². The Labute approximate surface area is 225 Å². The lowest BCUT2D eigenvalue weighted by Gasteiger charge is -2.35. The highest BCUT2D eigenvalue weighted by Gasteiger charge is 2.38. The van der Waals surface area contributed by atoms with E-state index in [1.54, 1.807) is 39.8 Å². The van der Waals surface area contributed by atoms with Gasteiger partial charge in [0, 0.05) is 13.1 Å². The van der Waals surface area contributed by atoms with Gasteiger partial charge in [0.15, 0.2) is 0 Å². The number of aromatic hydroxyl groups is 1. The van der Waals surface area contributed by atoms with Crippen LogP contribution in [-0.4, -0.2) is 57.8 Å². The third-order valence-electron chi connectivity index (χ3n) is 6.18. The number of aliphatic hydroxyl groups excluding tert-OH is 1. The van der Waals surface area contributed by atoms with Crippen LogP contribution in [0.25, 0.3) is 0 Å². The van der Waals surface area contributed by atoms with Crippen molar-refractivity contribution in [3.63, 3.8) is 0 Å². The molecular formula is C29H41N3O6. The zero-order chi connectivity index (χ0) is 28.5. The van der Waals surface area contributed by atoms with Crippen LogP contribution in [0.3, 0.4) is 0 Å². The van der Waals surface area contributed by atoms with E-state index in [1.807, 2.05) is 44.2 Å². The molecule has 3 amide bonds. The van der Waals surface area contributed by atoms with Gasteiger partial charge in [-0.25, -0.2) is 4.79 Å². The van der Waals surface area contributed by atoms with Crippen LogP contribution in [0, 0.1) is 12.8 Å². The first-order valence-corrected chi connectivity index (χ1v) is 12.9. The van der Waals surface area contributed by atoms with E-state index in [4.69, 9.17) is 4.74 Å². The molecular weight excluding hydrogens is 486 g/mol. The third-order valence-corrected chi connectivity index (χ3v) is 6.18. The minimum absolute atomic E-state index is 0.0568. The molecule has 0 fully saturated rings. The number of rotatable bonds is 11. The van der Waals surface area contributed by atoms with Crippen molar-refractivity contribution in [3.05, 3.63) is 65.2 Å². The number of phenolic OH excluding ortho intramolecular Hbond substituents is 1. The lowest BCUT2D eigenvalue weighted by Crippen LogP contribution is -2.55. The summed E-state index contributed by atoms with van der Waals surface area (Å²) in [7, 11) is 0. The molecule has 0 heterocycles. The van der Waals surface area contributed by atoms with Gasteiger partial charge < -0.3 is 30.5 Å². The van der Waals surface area contributed by atoms with Crippen LogP contribution in [0.15, 0.2) is 48.5 Å². The smallest absolute Gasteiger partial charge is 0.408 e. The van der Waals surface area contributed by atoms with E-state index >= 15 is 0 Å². The molecule has 9 nitrogen and oxygen atoms in total. The lowest BCUT2D eigenvalue weighted by atomic mass is 9.95. The highest BCUT2D eigenvalue weighted by atomic mass is 16.6. The molecule has 2 rings (SSSR count). The molecule has 3 atom stereocenters. The van der Waals surface area contributed by atoms with E-state index in [1.165, 1.54) is 11.0 Å². The maximum atomic E-state index is 14.0. The van der Waals surface area contributed by atoms with Crippen LogP contribution in [0.2, 0.25) is 0 Å². The summed E-state index contributed by atoms with van der Waals surface area (Å²) in [4.78, 5) is 41.5. The predicted octanol–water partition coefficient (Wildman–Crippen LogP) is 3.82. The molecule has 0 radical (unpaired) electrons. The van der Waals surface area contributed by atoms with E-state index in [0.717, 1.165) is 5.56 Å². The van der Waals surface area contributed by atoms with Crippen molar-refractivity contribution in [2.75, 3.05) is 13.2 Å². The Bertz CT molecular complexity index is 1080. The number of aryl methyl sites for hydroxylation is 1. The number of carbonyl (C=O) groups is 3. The zero-order valence-electron chi connectivity index (χ0n) is 23.2. The summed E-state index contributed by atoms with van der Waals surface area (Å²) in [5.74, 6) is -1.21. The Balaban J connectivity index is 2.48. The number of amides is 3. The second-order valence-electron chi connectivity index (χ2n) is 10.4. The number of nitrogens with zero attached hydrogens (tertiary/aromatic N) is 1. The molecule has 0 saturated carbocycles. The number of ether oxygens (including phenoxy) is 1. The van der Waals surface area contributed by atoms with Crippen molar-refractivity contribution in [2.24, 2.45) is 5.92 Å². The number of hydrogen-bond acceptors (Lipinski definition) is 6. The van der Waals surface area contributed by atoms with Gasteiger partial charge >= 0.3 is 6.09 Å². The molecule has 0 aromatic heterocycles. The fourth-order valence-corrected chi connectivity index (χ4v) is 3.97. The maximum Gasteiger partial charge on any atom is 0.408 e. The first-order chi connectivity index (χ1) is 17.9. The van der Waals surface area contributed by atoms with E-state index in [0.29, 0.717) is 17.5 Å². The van der Waals surface area contributed by atoms with E-state index in [-0.39, 0.29) is 24.8 Å². The molecule has 38 heavy (non-hydrogen) atoms. The molecule has 0 bridgehead atoms. The van der Waals surface area contributed by atoms with Gasteiger partial charge in [-0.15, -0.1) is 0 Å². The van der Waals surface area contributed by atoms with Gasteiger partial charge in [-0.2, -0.15) is 0 Å². The number of aliphatic hydroxyl groups is 1. The molecule has 2 aromatic rings. The average Bonchev–Trinajstić information content (AvgIpc) is 2.86. The minimum atomic E-state index is -1.12. The Hall–Kier alpha value is -3.59. The molecule has 0 aliphatic rings. The number of alkyl carbamates (subject to hydrolysis) is 1. The van der Waals surface area contributed by atoms with Gasteiger partial charge in [-0.05, 0) is 62.4 Å². The summed E-state index contributed by atoms with van der Waals surface area (Å²) in [5.41, 5.74) is 1.12. The van der Waals surface area contributed by atoms with Crippen molar-refractivity contribution < 1.29 is 29.3 Å². The summed E-state index contributed by atoms with van der Waals surface area (Å²) in [6.45, 7) is 10.3. The van der Waals surface area contributed by atoms with Crippen LogP contribution >= 0.6 is 0 Å². The molecule has 3 unspecified atom stereocenters. The number of benzene rings is 2. The second kappa shape index (κ2) is 13.8. The van der Waals surface area contributed by atoms with E-state index < -0.39 is 42.2 Å². The Morgan fingerprint density at radius 2 is 1.74 bits per heavy atom. The molecule has 4 N–H and O–H groups in total. The number of hydrogen-bond donors (Lipinski definition) is 4. The molecule has 0 saturated heterocycles. The monoisotopic (exact) mass is 527 g/mol. The molecule has 0 spiro atoms. The summed E-state index contributed by atoms with van der Waals surface area (Å²) in [6.07, 6.45) is -0.173. The fraction of sp³-hybridized carbons (Fsp3) is 0.483. The van der Waals surface area contributed by atoms with Crippen molar-refractivity contribution in [2.45, 2.75) is 72.2 Å². The SMILES string of the molecule is CCC(C)C(NC(=O)OC(C)(C)C)C(=O)N(CCO)C(C(=O)NCc1ccccc1)c1ccc(O)c(C)c1. The van der Waals surface area contributed by atoms with Crippen molar-refractivity contribution in [1.29, 1.82) is 0 Å². The zero-order valence-corrected chi connectivity index (χ0v) is 23.2. The summed E-state index contributed by atoms with van der Waals surface area (Å²) >= 11 is 0. The highest BCUT2D eigenvalue weighted by molar-refractivity contribution is 5.92. The largest absolute Gasteiger partial charge is 0.508 e. The van der Waals surface area contributed by atoms with Crippen LogP contribution in [0.4, 0.5) is 4.79 Å². The molecule has 0 aliphatic carbocycles. The lowest BCUT2D eigenvalue weighted by molar-refractivity contribution is -0.144. The predicted molar refractivity (Wildman–Crippen MR) is 145 cm³/mol. The first kappa shape index (κ1) is 30.6. The van der Waals surface area contributed by atoms with Crippen molar-refractivity contribution >= 4 is 17.9 Å². The fourth-order valence-electron chi connectivity index (χ4n) is 3.97. The topological polar surface area (TPSA) is 128 Å². The van der Waals surface area contributed by atoms with E-state index in [9.17, 15) is 24.6 Å². The Morgan fingerprint density at radius 1 is 1.08 bits per heavy atom. The summed E-state index contributed by atoms with van der Waals surface area (Å²) in [6, 6.07) is 11.9. The molecule has 0 aliphatic heterocycles. The van der Waals surface area contributed by atoms with Crippen molar-refractivity contribution in [1.82, 2.24) is 15.5 Å². The van der Waals surface area contributed by atoms with Crippen LogP contribution < -0.4 is 10.6 Å². The standard InChI is InChI=1S/C29H41N3O6/c1-7-19(2)24(31-28(37)38-29(4,5)6)27(36)32(15-16-33)25(22-13-14-23(34)20(3)17-22)26(35)30-18-21-11-9-8-10-12-21/h8-14,17,19,24-25,33-34H,7,15-16,18H2,1-6H3,(H,30,35)(H,31,37). The van der Waals surface area contributed by atoms with Gasteiger partial charge in [0.05, 0.1) is 6.61 Å². The van der Waals surface area contributed by atoms with Gasteiger partial charge in [-0.1, -0.05) is 56.7 Å². The Morgan fingerprint density at radius 3 is 2.29 bits per heavy atom. The van der Waals surface area contributed by atoms with Gasteiger partial charge in [-0.3, -0.25) is 9.59 Å². The molecule has 208 valence electrons. The summed E-state index contributed by atoms with van der Waals surface area (Å²) < 4.78 is 5.38. The first-order valence-electron chi connectivity index (χ1n) is 12.9. The van der Waals surface area contributed by atoms with Gasteiger partial charge in [0.1, 0.15) is 23.4 Å². The van der Waals surface area contributed by atoms with Crippen molar-refractivity contribution in [3.8, 4) is 5.75 Å². The number of phenols is 1. The van der Waals surface area contributed by atoms with Crippen LogP contribution in [-0.2, 0) is 20.9 Å². The second-order valence-corrected chi connectivity index (χ2v) is 10.4. The Kier molecular flexibility index (Phi) is 11.1. The minimum Gasteiger partial charge on any atom is -0.508 e. The quantitative estimate of drug-likeness (QED) is 0.352. The van der Waals surface area contributed by atoms with Gasteiger partial charge in [0.2, 0.25) is 11.8 Å². The van der Waals surface area contributed by atoms with Gasteiger partial charge in [0.25, 0.3) is 0 Å². The summed E-state index contributed by atoms with van der Waals surface area (Å²) in [5, 5.41) is 25.5. The normalized spacial score (nSPS) is 13.7. The highest BCUT2D eigenvalue weighted by Crippen LogP contribution is 2.28.